The van der Waals surface area contributed by atoms with E-state index < -0.39 is 0 Å². The van der Waals surface area contributed by atoms with Crippen LogP contribution in [0.2, 0.25) is 0 Å². The summed E-state index contributed by atoms with van der Waals surface area (Å²) in [6.45, 7) is 5.35. The predicted molar refractivity (Wildman–Crippen MR) is 74.8 cm³/mol. The number of aryl methyl sites for hydroxylation is 1. The fourth-order valence-corrected chi connectivity index (χ4v) is 2.45. The highest BCUT2D eigenvalue weighted by atomic mass is 16.5. The van der Waals surface area contributed by atoms with Gasteiger partial charge < -0.3 is 19.3 Å². The van der Waals surface area contributed by atoms with Crippen LogP contribution in [0.5, 0.6) is 0 Å². The summed E-state index contributed by atoms with van der Waals surface area (Å²) in [4.78, 5) is 4.51. The van der Waals surface area contributed by atoms with Gasteiger partial charge in [-0.25, -0.2) is 0 Å². The summed E-state index contributed by atoms with van der Waals surface area (Å²) in [5.74, 6) is 1.63. The van der Waals surface area contributed by atoms with E-state index in [1.807, 2.05) is 0 Å². The molecule has 2 rings (SSSR count). The Labute approximate surface area is 120 Å². The van der Waals surface area contributed by atoms with Crippen LogP contribution >= 0.6 is 0 Å². The summed E-state index contributed by atoms with van der Waals surface area (Å²) in [5, 5.41) is 7.61. The number of hydrogen-bond donors (Lipinski definition) is 1. The Hall–Kier alpha value is -0.980. The van der Waals surface area contributed by atoms with Crippen LogP contribution in [0.1, 0.15) is 43.8 Å². The summed E-state index contributed by atoms with van der Waals surface area (Å²) in [6, 6.07) is 0.371. The molecule has 0 aliphatic carbocycles. The molecule has 0 radical (unpaired) electrons. The summed E-state index contributed by atoms with van der Waals surface area (Å²) >= 11 is 0. The van der Waals surface area contributed by atoms with Crippen LogP contribution in [0.15, 0.2) is 4.52 Å². The molecule has 1 aromatic heterocycles. The van der Waals surface area contributed by atoms with Crippen molar-refractivity contribution in [2.24, 2.45) is 0 Å². The van der Waals surface area contributed by atoms with Crippen molar-refractivity contribution in [2.75, 3.05) is 33.5 Å². The molecule has 1 N–H and O–H groups in total. The first kappa shape index (κ1) is 15.4. The molecule has 0 saturated carbocycles. The molecule has 1 aliphatic heterocycles. The SMILES string of the molecule is CCCNC1CCOCC1c1nc(CCCOC)no1. The molecule has 2 unspecified atom stereocenters. The molecule has 6 heteroatoms. The Morgan fingerprint density at radius 3 is 3.15 bits per heavy atom. The van der Waals surface area contributed by atoms with Crippen LogP contribution in [-0.4, -0.2) is 49.7 Å². The normalized spacial score (nSPS) is 23.1. The summed E-state index contributed by atoms with van der Waals surface area (Å²) in [7, 11) is 1.70. The third kappa shape index (κ3) is 4.26. The van der Waals surface area contributed by atoms with Gasteiger partial charge in [0.2, 0.25) is 5.89 Å². The van der Waals surface area contributed by atoms with Crippen molar-refractivity contribution in [3.8, 4) is 0 Å². The number of ether oxygens (including phenoxy) is 2. The third-order valence-electron chi connectivity index (χ3n) is 3.56. The van der Waals surface area contributed by atoms with E-state index in [1.165, 1.54) is 0 Å². The quantitative estimate of drug-likeness (QED) is 0.730. The number of hydrogen-bond acceptors (Lipinski definition) is 6. The monoisotopic (exact) mass is 283 g/mol. The van der Waals surface area contributed by atoms with Crippen LogP contribution in [0, 0.1) is 0 Å². The number of nitrogens with one attached hydrogen (secondary N) is 1. The third-order valence-corrected chi connectivity index (χ3v) is 3.56. The van der Waals surface area contributed by atoms with Crippen LogP contribution in [-0.2, 0) is 15.9 Å². The fraction of sp³-hybridized carbons (Fsp3) is 0.857. The van der Waals surface area contributed by atoms with Crippen LogP contribution < -0.4 is 5.32 Å². The second-order valence-corrected chi connectivity index (χ2v) is 5.18. The highest BCUT2D eigenvalue weighted by molar-refractivity contribution is 5.01. The van der Waals surface area contributed by atoms with Crippen molar-refractivity contribution in [1.29, 1.82) is 0 Å². The van der Waals surface area contributed by atoms with Gasteiger partial charge in [-0.2, -0.15) is 4.98 Å². The zero-order valence-corrected chi connectivity index (χ0v) is 12.4. The highest BCUT2D eigenvalue weighted by Crippen LogP contribution is 2.25. The molecule has 2 atom stereocenters. The van der Waals surface area contributed by atoms with Gasteiger partial charge in [0, 0.05) is 32.8 Å². The van der Waals surface area contributed by atoms with Crippen LogP contribution in [0.4, 0.5) is 0 Å². The molecule has 1 saturated heterocycles. The Morgan fingerprint density at radius 1 is 1.45 bits per heavy atom. The number of rotatable bonds is 8. The molecular formula is C14H25N3O3. The van der Waals surface area contributed by atoms with E-state index in [9.17, 15) is 0 Å². The fourth-order valence-electron chi connectivity index (χ4n) is 2.45. The zero-order valence-electron chi connectivity index (χ0n) is 12.4. The van der Waals surface area contributed by atoms with Crippen molar-refractivity contribution in [3.63, 3.8) is 0 Å². The lowest BCUT2D eigenvalue weighted by molar-refractivity contribution is 0.0498. The van der Waals surface area contributed by atoms with Crippen molar-refractivity contribution in [2.45, 2.75) is 44.6 Å². The summed E-state index contributed by atoms with van der Waals surface area (Å²) in [5.41, 5.74) is 0. The molecule has 1 fully saturated rings. The first-order valence-electron chi connectivity index (χ1n) is 7.47. The minimum atomic E-state index is 0.166. The minimum Gasteiger partial charge on any atom is -0.385 e. The van der Waals surface area contributed by atoms with Gasteiger partial charge in [0.1, 0.15) is 0 Å². The highest BCUT2D eigenvalue weighted by Gasteiger charge is 2.31. The van der Waals surface area contributed by atoms with Crippen molar-refractivity contribution < 1.29 is 14.0 Å². The molecular weight excluding hydrogens is 258 g/mol. The van der Waals surface area contributed by atoms with E-state index in [1.54, 1.807) is 7.11 Å². The molecule has 114 valence electrons. The lowest BCUT2D eigenvalue weighted by Gasteiger charge is -2.29. The van der Waals surface area contributed by atoms with Gasteiger partial charge in [-0.3, -0.25) is 0 Å². The molecule has 20 heavy (non-hydrogen) atoms. The molecule has 6 nitrogen and oxygen atoms in total. The van der Waals surface area contributed by atoms with Gasteiger partial charge >= 0.3 is 0 Å². The molecule has 0 amide bonds. The molecule has 1 aliphatic rings. The topological polar surface area (TPSA) is 69.4 Å². The van der Waals surface area contributed by atoms with Gasteiger partial charge in [-0.15, -0.1) is 0 Å². The Balaban J connectivity index is 1.93. The van der Waals surface area contributed by atoms with E-state index in [0.29, 0.717) is 18.5 Å². The average Bonchev–Trinajstić information content (AvgIpc) is 2.94. The second kappa shape index (κ2) is 8.34. The molecule has 1 aromatic rings. The van der Waals surface area contributed by atoms with E-state index in [-0.39, 0.29) is 5.92 Å². The van der Waals surface area contributed by atoms with Crippen molar-refractivity contribution in [3.05, 3.63) is 11.7 Å². The smallest absolute Gasteiger partial charge is 0.233 e. The average molecular weight is 283 g/mol. The largest absolute Gasteiger partial charge is 0.385 e. The van der Waals surface area contributed by atoms with Gasteiger partial charge in [-0.05, 0) is 25.8 Å². The number of aromatic nitrogens is 2. The summed E-state index contributed by atoms with van der Waals surface area (Å²) in [6.07, 6.45) is 3.81. The lowest BCUT2D eigenvalue weighted by Crippen LogP contribution is -2.41. The van der Waals surface area contributed by atoms with Crippen LogP contribution in [0.3, 0.4) is 0 Å². The van der Waals surface area contributed by atoms with Crippen molar-refractivity contribution >= 4 is 0 Å². The first-order chi connectivity index (χ1) is 9.85. The van der Waals surface area contributed by atoms with Gasteiger partial charge in [0.25, 0.3) is 0 Å². The second-order valence-electron chi connectivity index (χ2n) is 5.18. The van der Waals surface area contributed by atoms with Gasteiger partial charge in [-0.1, -0.05) is 12.1 Å². The lowest BCUT2D eigenvalue weighted by atomic mass is 9.95. The molecule has 0 spiro atoms. The Kier molecular flexibility index (Phi) is 6.42. The van der Waals surface area contributed by atoms with E-state index in [0.717, 1.165) is 51.3 Å². The van der Waals surface area contributed by atoms with Crippen molar-refractivity contribution in [1.82, 2.24) is 15.5 Å². The number of nitrogens with zero attached hydrogens (tertiary/aromatic N) is 2. The predicted octanol–water partition coefficient (Wildman–Crippen LogP) is 1.52. The Bertz CT molecular complexity index is 383. The number of methoxy groups -OCH3 is 1. The molecule has 0 bridgehead atoms. The Morgan fingerprint density at radius 2 is 2.35 bits per heavy atom. The van der Waals surface area contributed by atoms with E-state index in [2.05, 4.69) is 22.4 Å². The van der Waals surface area contributed by atoms with Gasteiger partial charge in [0.15, 0.2) is 5.82 Å². The van der Waals surface area contributed by atoms with Crippen LogP contribution in [0.25, 0.3) is 0 Å². The maximum Gasteiger partial charge on any atom is 0.233 e. The molecule has 0 aromatic carbocycles. The summed E-state index contributed by atoms with van der Waals surface area (Å²) < 4.78 is 16.0. The van der Waals surface area contributed by atoms with E-state index >= 15 is 0 Å². The first-order valence-corrected chi connectivity index (χ1v) is 7.47. The standard InChI is InChI=1S/C14H25N3O3/c1-3-7-15-12-6-9-19-10-11(12)14-16-13(17-20-14)5-4-8-18-2/h11-12,15H,3-10H2,1-2H3. The van der Waals surface area contributed by atoms with Gasteiger partial charge in [0.05, 0.1) is 12.5 Å². The maximum atomic E-state index is 5.57. The maximum absolute atomic E-state index is 5.57. The minimum absolute atomic E-state index is 0.166. The van der Waals surface area contributed by atoms with E-state index in [4.69, 9.17) is 14.0 Å². The zero-order chi connectivity index (χ0) is 14.2. The molecule has 2 heterocycles.